The molecule has 3 aromatic rings. The van der Waals surface area contributed by atoms with Crippen LogP contribution in [-0.4, -0.2) is 11.6 Å². The van der Waals surface area contributed by atoms with Gasteiger partial charge in [-0.15, -0.1) is 0 Å². The van der Waals surface area contributed by atoms with Gasteiger partial charge in [0.1, 0.15) is 17.9 Å². The summed E-state index contributed by atoms with van der Waals surface area (Å²) >= 11 is 0. The van der Waals surface area contributed by atoms with Gasteiger partial charge in [-0.1, -0.05) is 45.0 Å². The number of ether oxygens (including phenoxy) is 1. The van der Waals surface area contributed by atoms with E-state index in [1.54, 1.807) is 12.1 Å². The predicted molar refractivity (Wildman–Crippen MR) is 101 cm³/mol. The Morgan fingerprint density at radius 1 is 0.920 bits per heavy atom. The Labute approximate surface area is 149 Å². The number of fused-ring (bicyclic) bond motifs is 1. The number of hydrogen-bond acceptors (Lipinski definition) is 3. The molecule has 4 heteroatoms. The van der Waals surface area contributed by atoms with E-state index in [-0.39, 0.29) is 0 Å². The number of aromatic amines is 1. The maximum Gasteiger partial charge on any atom is 0.137 e. The first-order chi connectivity index (χ1) is 12.3. The molecule has 0 atom stereocenters. The van der Waals surface area contributed by atoms with Crippen LogP contribution < -0.4 is 4.74 Å². The number of nitrogens with zero attached hydrogens (tertiary/aromatic N) is 2. The van der Waals surface area contributed by atoms with Crippen molar-refractivity contribution in [2.45, 2.75) is 27.2 Å². The average Bonchev–Trinajstić information content (AvgIpc) is 3.17. The topological polar surface area (TPSA) is 72.6 Å². The molecule has 1 N–H and O–H groups in total. The van der Waals surface area contributed by atoms with Crippen LogP contribution in [0.2, 0.25) is 0 Å². The summed E-state index contributed by atoms with van der Waals surface area (Å²) in [6.45, 7) is 6.70. The van der Waals surface area contributed by atoms with Crippen LogP contribution in [-0.2, 0) is 0 Å². The van der Waals surface area contributed by atoms with Crippen molar-refractivity contribution in [3.8, 4) is 17.9 Å². The Morgan fingerprint density at radius 2 is 1.60 bits per heavy atom. The number of aromatic nitrogens is 1. The number of hydrogen-bond donors (Lipinski definition) is 1. The van der Waals surface area contributed by atoms with Gasteiger partial charge in [0.25, 0.3) is 0 Å². The Kier molecular flexibility index (Phi) is 8.97. The van der Waals surface area contributed by atoms with Gasteiger partial charge >= 0.3 is 0 Å². The lowest BCUT2D eigenvalue weighted by Gasteiger charge is -2.04. The van der Waals surface area contributed by atoms with Crippen LogP contribution in [0.4, 0.5) is 0 Å². The molecule has 0 aliphatic heterocycles. The molecule has 0 saturated carbocycles. The van der Waals surface area contributed by atoms with Gasteiger partial charge in [-0.25, -0.2) is 0 Å². The van der Waals surface area contributed by atoms with E-state index >= 15 is 0 Å². The zero-order valence-corrected chi connectivity index (χ0v) is 14.9. The normalized spacial score (nSPS) is 8.84. The molecule has 3 rings (SSSR count). The highest BCUT2D eigenvalue weighted by molar-refractivity contribution is 5.84. The lowest BCUT2D eigenvalue weighted by Crippen LogP contribution is -1.96. The number of rotatable bonds is 3. The fourth-order valence-electron chi connectivity index (χ4n) is 2.07. The van der Waals surface area contributed by atoms with Crippen molar-refractivity contribution in [2.24, 2.45) is 0 Å². The predicted octanol–water partition coefficient (Wildman–Crippen LogP) is 5.41. The summed E-state index contributed by atoms with van der Waals surface area (Å²) in [5.41, 5.74) is 2.23. The maximum absolute atomic E-state index is 8.69. The molecule has 0 aliphatic rings. The third-order valence-electron chi connectivity index (χ3n) is 3.18. The van der Waals surface area contributed by atoms with Crippen molar-refractivity contribution in [1.82, 2.24) is 4.98 Å². The van der Waals surface area contributed by atoms with Crippen molar-refractivity contribution >= 4 is 10.9 Å². The van der Waals surface area contributed by atoms with E-state index in [0.717, 1.165) is 17.3 Å². The molecule has 0 bridgehead atoms. The quantitative estimate of drug-likeness (QED) is 0.696. The molecule has 0 spiro atoms. The second-order valence-corrected chi connectivity index (χ2v) is 4.82. The van der Waals surface area contributed by atoms with Crippen LogP contribution in [0.5, 0.6) is 5.75 Å². The summed E-state index contributed by atoms with van der Waals surface area (Å²) in [5.74, 6) is 0.682. The van der Waals surface area contributed by atoms with Gasteiger partial charge in [0.15, 0.2) is 0 Å². The molecule has 1 heterocycles. The molecule has 4 nitrogen and oxygen atoms in total. The zero-order valence-electron chi connectivity index (χ0n) is 14.9. The molecule has 0 amide bonds. The third-order valence-corrected chi connectivity index (χ3v) is 3.18. The number of H-pyrrole nitrogens is 1. The Hall–Kier alpha value is -3.24. The standard InChI is InChI=1S/C10H11NO.C9H6N2.C2H6/c1-2-7-12-10-6-4-3-5-9(10)8-11;10-6-8-3-1-2-7-4-5-11-9(7)8;1-2/h3-6H,2,7H2,1H3;1-5,11H;1-2H3. The van der Waals surface area contributed by atoms with Gasteiger partial charge in [-0.2, -0.15) is 10.5 Å². The van der Waals surface area contributed by atoms with E-state index < -0.39 is 0 Å². The van der Waals surface area contributed by atoms with E-state index in [4.69, 9.17) is 15.3 Å². The molecule has 0 saturated heterocycles. The van der Waals surface area contributed by atoms with Crippen molar-refractivity contribution in [3.63, 3.8) is 0 Å². The lowest BCUT2D eigenvalue weighted by molar-refractivity contribution is 0.316. The highest BCUT2D eigenvalue weighted by Crippen LogP contribution is 2.16. The first-order valence-corrected chi connectivity index (χ1v) is 8.38. The fourth-order valence-corrected chi connectivity index (χ4v) is 2.07. The highest BCUT2D eigenvalue weighted by Gasteiger charge is 1.99. The molecular formula is C21H23N3O. The Morgan fingerprint density at radius 3 is 2.28 bits per heavy atom. The number of nitriles is 2. The number of benzene rings is 2. The zero-order chi connectivity index (χ0) is 18.5. The molecule has 0 unspecified atom stereocenters. The maximum atomic E-state index is 8.69. The van der Waals surface area contributed by atoms with E-state index in [2.05, 4.69) is 17.1 Å². The smallest absolute Gasteiger partial charge is 0.137 e. The second kappa shape index (κ2) is 11.3. The highest BCUT2D eigenvalue weighted by atomic mass is 16.5. The van der Waals surface area contributed by atoms with Crippen LogP contribution in [0.1, 0.15) is 38.3 Å². The fraction of sp³-hybridized carbons (Fsp3) is 0.238. The molecule has 25 heavy (non-hydrogen) atoms. The van der Waals surface area contributed by atoms with Gasteiger partial charge < -0.3 is 9.72 Å². The monoisotopic (exact) mass is 333 g/mol. The van der Waals surface area contributed by atoms with Crippen molar-refractivity contribution in [3.05, 3.63) is 65.9 Å². The molecule has 2 aromatic carbocycles. The minimum Gasteiger partial charge on any atom is -0.492 e. The first-order valence-electron chi connectivity index (χ1n) is 8.38. The average molecular weight is 333 g/mol. The van der Waals surface area contributed by atoms with Crippen LogP contribution in [0.15, 0.2) is 54.7 Å². The van der Waals surface area contributed by atoms with Gasteiger partial charge in [-0.3, -0.25) is 0 Å². The summed E-state index contributed by atoms with van der Waals surface area (Å²) < 4.78 is 5.35. The van der Waals surface area contributed by atoms with Gasteiger partial charge in [0.2, 0.25) is 0 Å². The minimum absolute atomic E-state index is 0.603. The largest absolute Gasteiger partial charge is 0.492 e. The summed E-state index contributed by atoms with van der Waals surface area (Å²) in [6, 6.07) is 19.1. The third kappa shape index (κ3) is 5.71. The van der Waals surface area contributed by atoms with E-state index in [0.29, 0.717) is 23.5 Å². The molecule has 0 fully saturated rings. The van der Waals surface area contributed by atoms with Crippen LogP contribution in [0, 0.1) is 22.7 Å². The second-order valence-electron chi connectivity index (χ2n) is 4.82. The van der Waals surface area contributed by atoms with E-state index in [1.807, 2.05) is 63.4 Å². The summed E-state index contributed by atoms with van der Waals surface area (Å²) in [5, 5.41) is 18.5. The van der Waals surface area contributed by atoms with E-state index in [9.17, 15) is 0 Å². The summed E-state index contributed by atoms with van der Waals surface area (Å²) in [7, 11) is 0. The summed E-state index contributed by atoms with van der Waals surface area (Å²) in [4.78, 5) is 3.02. The first kappa shape index (κ1) is 19.8. The molecule has 0 aliphatic carbocycles. The van der Waals surface area contributed by atoms with Gasteiger partial charge in [0.05, 0.1) is 23.3 Å². The summed E-state index contributed by atoms with van der Waals surface area (Å²) in [6.07, 6.45) is 2.80. The lowest BCUT2D eigenvalue weighted by atomic mass is 10.2. The van der Waals surface area contributed by atoms with Crippen molar-refractivity contribution in [1.29, 1.82) is 10.5 Å². The van der Waals surface area contributed by atoms with Crippen LogP contribution >= 0.6 is 0 Å². The molecule has 1 aromatic heterocycles. The SMILES string of the molecule is CC.CCCOc1ccccc1C#N.N#Cc1cccc2cc[nH]c12. The molecule has 0 radical (unpaired) electrons. The number of nitrogens with one attached hydrogen (secondary N) is 1. The van der Waals surface area contributed by atoms with Crippen LogP contribution in [0.25, 0.3) is 10.9 Å². The Bertz CT molecular complexity index is 853. The number of para-hydroxylation sites is 2. The molecular weight excluding hydrogens is 310 g/mol. The van der Waals surface area contributed by atoms with Crippen molar-refractivity contribution < 1.29 is 4.74 Å². The van der Waals surface area contributed by atoms with Crippen LogP contribution in [0.3, 0.4) is 0 Å². The van der Waals surface area contributed by atoms with Gasteiger partial charge in [0, 0.05) is 11.6 Å². The van der Waals surface area contributed by atoms with Gasteiger partial charge in [-0.05, 0) is 30.7 Å². The van der Waals surface area contributed by atoms with Crippen molar-refractivity contribution in [2.75, 3.05) is 6.61 Å². The Balaban J connectivity index is 0.000000228. The minimum atomic E-state index is 0.603. The molecule has 128 valence electrons. The van der Waals surface area contributed by atoms with E-state index in [1.165, 1.54) is 0 Å².